The Morgan fingerprint density at radius 1 is 1.26 bits per heavy atom. The SMILES string of the molecule is C[C@@H]1C/C(=N\Nc2ccc(C(=O)O)cc2)c2c(O)ccc(F)c21. The number of rotatable bonds is 3. The molecule has 6 heteroatoms. The van der Waals surface area contributed by atoms with Crippen LogP contribution in [0.2, 0.25) is 0 Å². The van der Waals surface area contributed by atoms with Crippen LogP contribution in [-0.4, -0.2) is 21.9 Å². The van der Waals surface area contributed by atoms with Crippen molar-refractivity contribution in [3.63, 3.8) is 0 Å². The van der Waals surface area contributed by atoms with Gasteiger partial charge in [0.25, 0.3) is 0 Å². The van der Waals surface area contributed by atoms with Gasteiger partial charge in [-0.1, -0.05) is 6.92 Å². The predicted octanol–water partition coefficient (Wildman–Crippen LogP) is 3.55. The van der Waals surface area contributed by atoms with E-state index in [0.29, 0.717) is 28.9 Å². The van der Waals surface area contributed by atoms with E-state index in [9.17, 15) is 14.3 Å². The molecule has 3 rings (SSSR count). The lowest BCUT2D eigenvalue weighted by Gasteiger charge is -2.07. The normalized spacial score (nSPS) is 18.0. The summed E-state index contributed by atoms with van der Waals surface area (Å²) in [7, 11) is 0. The molecular formula is C17H15FN2O3. The Morgan fingerprint density at radius 3 is 2.61 bits per heavy atom. The Kier molecular flexibility index (Phi) is 3.73. The summed E-state index contributed by atoms with van der Waals surface area (Å²) in [5.74, 6) is -1.40. The minimum atomic E-state index is -0.998. The van der Waals surface area contributed by atoms with Crippen LogP contribution in [0.1, 0.15) is 40.7 Å². The maximum Gasteiger partial charge on any atom is 0.335 e. The van der Waals surface area contributed by atoms with E-state index in [0.717, 1.165) is 0 Å². The molecule has 0 aromatic heterocycles. The number of carbonyl (C=O) groups is 1. The van der Waals surface area contributed by atoms with Crippen molar-refractivity contribution in [3.8, 4) is 5.75 Å². The smallest absolute Gasteiger partial charge is 0.335 e. The number of aromatic carboxylic acids is 1. The van der Waals surface area contributed by atoms with E-state index in [4.69, 9.17) is 5.11 Å². The summed E-state index contributed by atoms with van der Waals surface area (Å²) in [5.41, 5.74) is 5.11. The van der Waals surface area contributed by atoms with Crippen molar-refractivity contribution in [2.24, 2.45) is 5.10 Å². The van der Waals surface area contributed by atoms with Crippen LogP contribution in [-0.2, 0) is 0 Å². The standard InChI is InChI=1S/C17H15FN2O3/c1-9-8-13(16-14(21)7-6-12(18)15(9)16)20-19-11-4-2-10(3-5-11)17(22)23/h2-7,9,19,21H,8H2,1H3,(H,22,23)/b20-13+/t9-/m1/s1. The lowest BCUT2D eigenvalue weighted by Crippen LogP contribution is -2.01. The molecule has 0 saturated carbocycles. The van der Waals surface area contributed by atoms with Gasteiger partial charge in [-0.15, -0.1) is 0 Å². The number of hydrogen-bond acceptors (Lipinski definition) is 4. The van der Waals surface area contributed by atoms with Crippen LogP contribution in [0.25, 0.3) is 0 Å². The van der Waals surface area contributed by atoms with Crippen molar-refractivity contribution < 1.29 is 19.4 Å². The highest BCUT2D eigenvalue weighted by molar-refractivity contribution is 6.07. The Balaban J connectivity index is 1.88. The van der Waals surface area contributed by atoms with Gasteiger partial charge in [0.15, 0.2) is 0 Å². The second-order valence-electron chi connectivity index (χ2n) is 5.51. The summed E-state index contributed by atoms with van der Waals surface area (Å²) >= 11 is 0. The number of fused-ring (bicyclic) bond motifs is 1. The number of hydrogen-bond donors (Lipinski definition) is 3. The van der Waals surface area contributed by atoms with E-state index < -0.39 is 5.97 Å². The van der Waals surface area contributed by atoms with Crippen LogP contribution in [0.3, 0.4) is 0 Å². The zero-order chi connectivity index (χ0) is 16.6. The Bertz CT molecular complexity index is 800. The van der Waals surface area contributed by atoms with Crippen molar-refractivity contribution in [3.05, 3.63) is 58.9 Å². The summed E-state index contributed by atoms with van der Waals surface area (Å²) in [6.45, 7) is 1.88. The van der Waals surface area contributed by atoms with Gasteiger partial charge in [0.05, 0.1) is 17.0 Å². The van der Waals surface area contributed by atoms with Gasteiger partial charge in [0, 0.05) is 11.1 Å². The molecule has 1 atom stereocenters. The van der Waals surface area contributed by atoms with Gasteiger partial charge < -0.3 is 10.2 Å². The van der Waals surface area contributed by atoms with Crippen molar-refractivity contribution in [1.29, 1.82) is 0 Å². The molecule has 0 unspecified atom stereocenters. The fraction of sp³-hybridized carbons (Fsp3) is 0.176. The summed E-state index contributed by atoms with van der Waals surface area (Å²) in [6, 6.07) is 8.70. The zero-order valence-electron chi connectivity index (χ0n) is 12.4. The molecule has 0 heterocycles. The van der Waals surface area contributed by atoms with Crippen molar-refractivity contribution in [1.82, 2.24) is 0 Å². The molecule has 2 aromatic carbocycles. The lowest BCUT2D eigenvalue weighted by molar-refractivity contribution is 0.0697. The third kappa shape index (κ3) is 2.75. The summed E-state index contributed by atoms with van der Waals surface area (Å²) in [5, 5.41) is 23.1. The van der Waals surface area contributed by atoms with Gasteiger partial charge in [0.2, 0.25) is 0 Å². The second kappa shape index (κ2) is 5.72. The van der Waals surface area contributed by atoms with E-state index in [2.05, 4.69) is 10.5 Å². The fourth-order valence-corrected chi connectivity index (χ4v) is 2.78. The number of aromatic hydroxyl groups is 1. The number of carboxylic acid groups (broad SMARTS) is 1. The van der Waals surface area contributed by atoms with E-state index in [1.807, 2.05) is 6.92 Å². The van der Waals surface area contributed by atoms with Crippen LogP contribution in [0.5, 0.6) is 5.75 Å². The van der Waals surface area contributed by atoms with E-state index in [1.54, 1.807) is 12.1 Å². The zero-order valence-corrected chi connectivity index (χ0v) is 12.4. The number of anilines is 1. The van der Waals surface area contributed by atoms with Gasteiger partial charge in [0.1, 0.15) is 11.6 Å². The van der Waals surface area contributed by atoms with Gasteiger partial charge in [-0.05, 0) is 48.7 Å². The van der Waals surface area contributed by atoms with Crippen LogP contribution < -0.4 is 5.43 Å². The molecule has 0 fully saturated rings. The Hall–Kier alpha value is -2.89. The molecule has 0 aliphatic heterocycles. The van der Waals surface area contributed by atoms with Gasteiger partial charge in [-0.25, -0.2) is 9.18 Å². The molecule has 0 radical (unpaired) electrons. The minimum absolute atomic E-state index is 0.00697. The number of hydrazone groups is 1. The lowest BCUT2D eigenvalue weighted by atomic mass is 10.0. The number of nitrogens with one attached hydrogen (secondary N) is 1. The average Bonchev–Trinajstić information content (AvgIpc) is 2.87. The summed E-state index contributed by atoms with van der Waals surface area (Å²) in [6.07, 6.45) is 0.518. The largest absolute Gasteiger partial charge is 0.507 e. The first kappa shape index (κ1) is 15.0. The molecule has 23 heavy (non-hydrogen) atoms. The van der Waals surface area contributed by atoms with Crippen LogP contribution in [0.4, 0.5) is 10.1 Å². The van der Waals surface area contributed by atoms with Crippen LogP contribution in [0.15, 0.2) is 41.5 Å². The molecule has 118 valence electrons. The molecule has 0 saturated heterocycles. The summed E-state index contributed by atoms with van der Waals surface area (Å²) in [4.78, 5) is 10.8. The Labute approximate surface area is 132 Å². The highest BCUT2D eigenvalue weighted by atomic mass is 19.1. The summed E-state index contributed by atoms with van der Waals surface area (Å²) < 4.78 is 13.9. The third-order valence-electron chi connectivity index (χ3n) is 3.90. The van der Waals surface area contributed by atoms with Gasteiger partial charge in [-0.3, -0.25) is 5.43 Å². The molecule has 1 aliphatic rings. The third-order valence-corrected chi connectivity index (χ3v) is 3.90. The number of benzene rings is 2. The van der Waals surface area contributed by atoms with Crippen molar-refractivity contribution in [2.75, 3.05) is 5.43 Å². The van der Waals surface area contributed by atoms with Crippen molar-refractivity contribution >= 4 is 17.4 Å². The van der Waals surface area contributed by atoms with Crippen LogP contribution in [0, 0.1) is 5.82 Å². The number of halogens is 1. The molecule has 0 amide bonds. The van der Waals surface area contributed by atoms with E-state index in [1.165, 1.54) is 24.3 Å². The molecule has 0 spiro atoms. The molecular weight excluding hydrogens is 299 g/mol. The predicted molar refractivity (Wildman–Crippen MR) is 84.7 cm³/mol. The molecule has 0 bridgehead atoms. The van der Waals surface area contributed by atoms with Gasteiger partial charge in [-0.2, -0.15) is 5.10 Å². The average molecular weight is 314 g/mol. The highest BCUT2D eigenvalue weighted by Gasteiger charge is 2.30. The number of carboxylic acids is 1. The number of phenols is 1. The minimum Gasteiger partial charge on any atom is -0.507 e. The van der Waals surface area contributed by atoms with E-state index in [-0.39, 0.29) is 23.0 Å². The first-order chi connectivity index (χ1) is 11.0. The highest BCUT2D eigenvalue weighted by Crippen LogP contribution is 2.39. The molecule has 2 aromatic rings. The van der Waals surface area contributed by atoms with Crippen molar-refractivity contribution in [2.45, 2.75) is 19.3 Å². The number of phenolic OH excluding ortho intramolecular Hbond substituents is 1. The first-order valence-electron chi connectivity index (χ1n) is 7.15. The monoisotopic (exact) mass is 314 g/mol. The quantitative estimate of drug-likeness (QED) is 0.757. The van der Waals surface area contributed by atoms with Gasteiger partial charge >= 0.3 is 5.97 Å². The fourth-order valence-electron chi connectivity index (χ4n) is 2.78. The van der Waals surface area contributed by atoms with E-state index >= 15 is 0 Å². The second-order valence-corrected chi connectivity index (χ2v) is 5.51. The molecule has 1 aliphatic carbocycles. The number of nitrogens with zero attached hydrogens (tertiary/aromatic N) is 1. The maximum atomic E-state index is 13.9. The Morgan fingerprint density at radius 2 is 1.96 bits per heavy atom. The molecule has 3 N–H and O–H groups in total. The topological polar surface area (TPSA) is 81.9 Å². The first-order valence-corrected chi connectivity index (χ1v) is 7.15. The maximum absolute atomic E-state index is 13.9. The van der Waals surface area contributed by atoms with Crippen LogP contribution >= 0.6 is 0 Å². The molecule has 5 nitrogen and oxygen atoms in total.